The van der Waals surface area contributed by atoms with E-state index in [9.17, 15) is 29.1 Å². The quantitative estimate of drug-likeness (QED) is 0.223. The Bertz CT molecular complexity index is 1860. The number of carbonyl (C=O) groups is 2. The molecule has 7 N–H and O–H groups in total. The van der Waals surface area contributed by atoms with E-state index in [0.29, 0.717) is 35.0 Å². The van der Waals surface area contributed by atoms with Crippen LogP contribution in [0.3, 0.4) is 0 Å². The lowest BCUT2D eigenvalue weighted by atomic mass is 10.1. The van der Waals surface area contributed by atoms with Crippen molar-refractivity contribution in [3.63, 3.8) is 0 Å². The second-order valence-corrected chi connectivity index (χ2v) is 12.5. The SMILES string of the molecule is C.C=C1Sc2c(nc(N)[nH]c2=O)N1[C@@H]1O[C@H](CO)C[C@H]1OC(C)=O.CC[C@@H]1C[C@@H](OC(C)=O)[C@H](n2c(=O)sc3c(=O)[nH]c(N)nc32)O1. The highest BCUT2D eigenvalue weighted by molar-refractivity contribution is 8.03. The molecular formula is C27H36N8O10S2. The summed E-state index contributed by atoms with van der Waals surface area (Å²) in [7, 11) is 0. The number of H-pyrrole nitrogens is 2. The van der Waals surface area contributed by atoms with Gasteiger partial charge in [0.15, 0.2) is 23.9 Å². The van der Waals surface area contributed by atoms with Crippen molar-refractivity contribution in [3.05, 3.63) is 42.0 Å². The van der Waals surface area contributed by atoms with Crippen molar-refractivity contribution in [2.45, 2.75) is 89.2 Å². The van der Waals surface area contributed by atoms with Crippen molar-refractivity contribution in [2.75, 3.05) is 23.0 Å². The number of nitrogens with two attached hydrogens (primary N) is 2. The first-order valence-corrected chi connectivity index (χ1v) is 15.7. The van der Waals surface area contributed by atoms with Gasteiger partial charge in [-0.1, -0.05) is 44.0 Å². The largest absolute Gasteiger partial charge is 0.458 e. The molecule has 0 radical (unpaired) electrons. The predicted octanol–water partition coefficient (Wildman–Crippen LogP) is 0.768. The fraction of sp³-hybridized carbons (Fsp3) is 0.519. The molecule has 0 bridgehead atoms. The molecule has 256 valence electrons. The van der Waals surface area contributed by atoms with Crippen molar-refractivity contribution < 1.29 is 33.6 Å². The molecule has 0 amide bonds. The molecule has 2 saturated heterocycles. The fourth-order valence-corrected chi connectivity index (χ4v) is 7.09. The third kappa shape index (κ3) is 7.20. The molecule has 6 heterocycles. The Balaban J connectivity index is 0.000000208. The van der Waals surface area contributed by atoms with E-state index in [1.165, 1.54) is 18.4 Å². The van der Waals surface area contributed by atoms with Crippen LogP contribution in [0.15, 0.2) is 30.9 Å². The van der Waals surface area contributed by atoms with Crippen molar-refractivity contribution in [2.24, 2.45) is 0 Å². The molecule has 0 aromatic carbocycles. The third-order valence-corrected chi connectivity index (χ3v) is 9.13. The van der Waals surface area contributed by atoms with E-state index in [0.717, 1.165) is 23.1 Å². The lowest BCUT2D eigenvalue weighted by Gasteiger charge is -2.29. The number of rotatable bonds is 6. The molecule has 3 aliphatic rings. The summed E-state index contributed by atoms with van der Waals surface area (Å²) in [4.78, 5) is 73.3. The van der Waals surface area contributed by atoms with E-state index in [2.05, 4.69) is 26.5 Å². The number of nitrogens with one attached hydrogen (secondary N) is 2. The summed E-state index contributed by atoms with van der Waals surface area (Å²) in [6.45, 7) is 8.23. The molecular weight excluding hydrogens is 660 g/mol. The second-order valence-electron chi connectivity index (χ2n) is 10.5. The average molecular weight is 697 g/mol. The van der Waals surface area contributed by atoms with E-state index in [-0.39, 0.29) is 47.9 Å². The minimum atomic E-state index is -0.821. The van der Waals surface area contributed by atoms with Crippen LogP contribution in [-0.4, -0.2) is 78.8 Å². The summed E-state index contributed by atoms with van der Waals surface area (Å²) in [5, 5.41) is 9.83. The molecule has 47 heavy (non-hydrogen) atoms. The average Bonchev–Trinajstić information content (AvgIpc) is 3.71. The summed E-state index contributed by atoms with van der Waals surface area (Å²) in [5.41, 5.74) is 10.5. The summed E-state index contributed by atoms with van der Waals surface area (Å²) < 4.78 is 23.5. The molecule has 0 aliphatic carbocycles. The number of aromatic amines is 2. The molecule has 3 aromatic rings. The van der Waals surface area contributed by atoms with Crippen LogP contribution in [0.5, 0.6) is 0 Å². The molecule has 20 heteroatoms. The molecule has 2 fully saturated rings. The van der Waals surface area contributed by atoms with E-state index in [1.807, 2.05) is 6.92 Å². The van der Waals surface area contributed by atoms with Crippen molar-refractivity contribution in [3.8, 4) is 0 Å². The zero-order valence-electron chi connectivity index (χ0n) is 24.9. The van der Waals surface area contributed by atoms with Crippen LogP contribution < -0.4 is 32.4 Å². The lowest BCUT2D eigenvalue weighted by molar-refractivity contribution is -0.152. The molecule has 0 unspecified atom stereocenters. The van der Waals surface area contributed by atoms with Gasteiger partial charge in [0.05, 0.1) is 23.8 Å². The van der Waals surface area contributed by atoms with Crippen LogP contribution in [0.1, 0.15) is 53.7 Å². The standard InChI is InChI=1S/2C13H16N4O5S.CH4/c1-5-17(10-9(23-5)11(20)16-13(14)15-10)12-8(21-6(2)19)3-7(4-18)22-12;1-3-6-4-7(21-5(2)18)11(22-6)17-9-8(23-13(17)20)10(19)16-12(14)15-9;/h7-8,12,18H,1,3-4H2,2H3,(H3,14,15,16,20);6-7,11H,3-4H2,1-2H3,(H3,14,15,16,19);1H4/t7-,8+,12+;6-,7-,11-;/m01./s1. The van der Waals surface area contributed by atoms with Gasteiger partial charge in [0.2, 0.25) is 11.9 Å². The van der Waals surface area contributed by atoms with Gasteiger partial charge in [0.25, 0.3) is 11.1 Å². The van der Waals surface area contributed by atoms with Crippen LogP contribution in [-0.2, 0) is 28.5 Å². The van der Waals surface area contributed by atoms with Crippen LogP contribution in [0.2, 0.25) is 0 Å². The Morgan fingerprint density at radius 3 is 2.19 bits per heavy atom. The zero-order valence-corrected chi connectivity index (χ0v) is 26.5. The number of hydrogen-bond donors (Lipinski definition) is 5. The maximum absolute atomic E-state index is 12.3. The summed E-state index contributed by atoms with van der Waals surface area (Å²) in [5.74, 6) is -0.739. The van der Waals surface area contributed by atoms with Crippen LogP contribution in [0.25, 0.3) is 10.3 Å². The minimum Gasteiger partial charge on any atom is -0.458 e. The Labute approximate surface area is 275 Å². The number of aromatic nitrogens is 5. The van der Waals surface area contributed by atoms with Crippen LogP contribution in [0.4, 0.5) is 17.7 Å². The summed E-state index contributed by atoms with van der Waals surface area (Å²) >= 11 is 1.89. The van der Waals surface area contributed by atoms with Gasteiger partial charge < -0.3 is 35.5 Å². The Morgan fingerprint density at radius 1 is 1.00 bits per heavy atom. The molecule has 6 atom stereocenters. The Morgan fingerprint density at radius 2 is 1.57 bits per heavy atom. The molecule has 3 aromatic heterocycles. The smallest absolute Gasteiger partial charge is 0.311 e. The number of ether oxygens (including phenoxy) is 4. The predicted molar refractivity (Wildman–Crippen MR) is 173 cm³/mol. The summed E-state index contributed by atoms with van der Waals surface area (Å²) in [6, 6.07) is 0. The first-order chi connectivity index (χ1) is 21.8. The highest BCUT2D eigenvalue weighted by Gasteiger charge is 2.46. The topological polar surface area (TPSA) is 260 Å². The van der Waals surface area contributed by atoms with E-state index in [1.54, 1.807) is 4.90 Å². The van der Waals surface area contributed by atoms with E-state index < -0.39 is 53.1 Å². The summed E-state index contributed by atoms with van der Waals surface area (Å²) in [6.07, 6.45) is -1.89. The lowest BCUT2D eigenvalue weighted by Crippen LogP contribution is -2.41. The van der Waals surface area contributed by atoms with Crippen LogP contribution >= 0.6 is 23.1 Å². The number of anilines is 3. The van der Waals surface area contributed by atoms with Crippen molar-refractivity contribution >= 4 is 63.1 Å². The highest BCUT2D eigenvalue weighted by Crippen LogP contribution is 2.45. The van der Waals surface area contributed by atoms with Gasteiger partial charge >= 0.3 is 16.8 Å². The first kappa shape index (κ1) is 35.6. The fourth-order valence-electron chi connectivity index (χ4n) is 5.35. The van der Waals surface area contributed by atoms with Crippen LogP contribution in [0, 0.1) is 0 Å². The number of carbonyl (C=O) groups excluding carboxylic acids is 2. The number of aliphatic hydroxyl groups excluding tert-OH is 1. The molecule has 3 aliphatic heterocycles. The number of aliphatic hydroxyl groups is 1. The van der Waals surface area contributed by atoms with E-state index in [4.69, 9.17) is 30.4 Å². The Kier molecular flexibility index (Phi) is 10.8. The second kappa shape index (κ2) is 14.3. The maximum Gasteiger partial charge on any atom is 0.311 e. The Hall–Kier alpha value is -4.24. The van der Waals surface area contributed by atoms with Gasteiger partial charge in [-0.05, 0) is 6.42 Å². The third-order valence-electron chi connectivity index (χ3n) is 7.18. The maximum atomic E-state index is 12.3. The monoisotopic (exact) mass is 696 g/mol. The number of esters is 2. The van der Waals surface area contributed by atoms with E-state index >= 15 is 0 Å². The number of thiazole rings is 1. The number of fused-ring (bicyclic) bond motifs is 2. The van der Waals surface area contributed by atoms with Gasteiger partial charge in [0, 0.05) is 26.7 Å². The van der Waals surface area contributed by atoms with Gasteiger partial charge in [-0.2, -0.15) is 9.97 Å². The van der Waals surface area contributed by atoms with Crippen molar-refractivity contribution in [1.29, 1.82) is 0 Å². The van der Waals surface area contributed by atoms with Gasteiger partial charge in [-0.3, -0.25) is 43.4 Å². The highest BCUT2D eigenvalue weighted by atomic mass is 32.2. The number of thioether (sulfide) groups is 1. The van der Waals surface area contributed by atoms with Gasteiger partial charge in [0.1, 0.15) is 21.8 Å². The van der Waals surface area contributed by atoms with Crippen molar-refractivity contribution in [1.82, 2.24) is 24.5 Å². The molecule has 18 nitrogen and oxygen atoms in total. The zero-order chi connectivity index (χ0) is 33.4. The van der Waals surface area contributed by atoms with Gasteiger partial charge in [-0.15, -0.1) is 0 Å². The molecule has 0 saturated carbocycles. The number of nitrogen functional groups attached to an aromatic ring is 2. The normalized spacial score (nSPS) is 24.8. The molecule has 6 rings (SSSR count). The first-order valence-electron chi connectivity index (χ1n) is 14.0. The van der Waals surface area contributed by atoms with Gasteiger partial charge in [-0.25, -0.2) is 0 Å². The minimum absolute atomic E-state index is 0. The number of nitrogens with zero attached hydrogens (tertiary/aromatic N) is 4. The molecule has 0 spiro atoms. The number of hydrogen-bond acceptors (Lipinski definition) is 17.